The minimum atomic E-state index is -0.749. The molecule has 0 amide bonds. The molecule has 0 aromatic heterocycles. The Morgan fingerprint density at radius 1 is 1.05 bits per heavy atom. The third-order valence-corrected chi connectivity index (χ3v) is 4.03. The molecule has 0 saturated heterocycles. The molecule has 0 spiro atoms. The normalized spacial score (nSPS) is 21.8. The molecule has 0 radical (unpaired) electrons. The summed E-state index contributed by atoms with van der Waals surface area (Å²) in [5.74, 6) is 0.938. The van der Waals surface area contributed by atoms with Crippen LogP contribution in [0.15, 0.2) is 48.5 Å². The zero-order valence-corrected chi connectivity index (χ0v) is 11.1. The smallest absolute Gasteiger partial charge is 0.122 e. The number of hydrogen-bond acceptors (Lipinski definition) is 2. The highest BCUT2D eigenvalue weighted by atomic mass is 16.5. The fraction of sp³-hybridized carbons (Fsp3) is 0.294. The zero-order valence-electron chi connectivity index (χ0n) is 11.1. The van der Waals surface area contributed by atoms with Crippen LogP contribution in [0.2, 0.25) is 0 Å². The fourth-order valence-corrected chi connectivity index (χ4v) is 2.98. The van der Waals surface area contributed by atoms with Gasteiger partial charge in [-0.25, -0.2) is 0 Å². The molecule has 0 bridgehead atoms. The van der Waals surface area contributed by atoms with E-state index in [1.165, 1.54) is 11.1 Å². The predicted octanol–water partition coefficient (Wildman–Crippen LogP) is 3.07. The molecule has 1 atom stereocenters. The molecule has 2 nitrogen and oxygen atoms in total. The summed E-state index contributed by atoms with van der Waals surface area (Å²) in [4.78, 5) is 0. The van der Waals surface area contributed by atoms with E-state index in [0.717, 1.165) is 24.2 Å². The monoisotopic (exact) mass is 254 g/mol. The highest BCUT2D eigenvalue weighted by molar-refractivity contribution is 5.44. The van der Waals surface area contributed by atoms with Gasteiger partial charge in [-0.15, -0.1) is 0 Å². The van der Waals surface area contributed by atoms with Crippen molar-refractivity contribution in [3.8, 4) is 5.75 Å². The van der Waals surface area contributed by atoms with Crippen LogP contribution < -0.4 is 4.74 Å². The summed E-state index contributed by atoms with van der Waals surface area (Å²) in [6.45, 7) is 0. The molecule has 0 aliphatic heterocycles. The Hall–Kier alpha value is -1.80. The molecular formula is C17H18O2. The second kappa shape index (κ2) is 4.71. The number of rotatable bonds is 2. The van der Waals surface area contributed by atoms with Crippen LogP contribution in [0.5, 0.6) is 5.75 Å². The number of aliphatic hydroxyl groups is 1. The van der Waals surface area contributed by atoms with Crippen LogP contribution in [0.25, 0.3) is 0 Å². The van der Waals surface area contributed by atoms with Gasteiger partial charge in [0.15, 0.2) is 0 Å². The summed E-state index contributed by atoms with van der Waals surface area (Å²) in [7, 11) is 1.70. The van der Waals surface area contributed by atoms with Gasteiger partial charge < -0.3 is 9.84 Å². The second-order valence-corrected chi connectivity index (χ2v) is 5.17. The predicted molar refractivity (Wildman–Crippen MR) is 75.4 cm³/mol. The first kappa shape index (κ1) is 12.2. The van der Waals surface area contributed by atoms with E-state index in [4.69, 9.17) is 4.74 Å². The van der Waals surface area contributed by atoms with Gasteiger partial charge >= 0.3 is 0 Å². The number of benzene rings is 2. The molecule has 3 rings (SSSR count). The summed E-state index contributed by atoms with van der Waals surface area (Å²) in [6, 6.07) is 16.0. The molecule has 2 aromatic rings. The van der Waals surface area contributed by atoms with Crippen LogP contribution >= 0.6 is 0 Å². The summed E-state index contributed by atoms with van der Waals surface area (Å²) in [6.07, 6.45) is 2.25. The van der Waals surface area contributed by atoms with Gasteiger partial charge in [-0.3, -0.25) is 0 Å². The maximum absolute atomic E-state index is 10.9. The molecule has 1 N–H and O–H groups in total. The molecule has 1 aliphatic rings. The first-order valence-electron chi connectivity index (χ1n) is 6.65. The Bertz CT molecular complexity index is 577. The molecule has 1 aliphatic carbocycles. The molecule has 98 valence electrons. The first-order chi connectivity index (χ1) is 9.23. The summed E-state index contributed by atoms with van der Waals surface area (Å²) in [5, 5.41) is 10.9. The Labute approximate surface area is 113 Å². The number of hydrogen-bond donors (Lipinski definition) is 1. The van der Waals surface area contributed by atoms with E-state index in [9.17, 15) is 5.11 Å². The van der Waals surface area contributed by atoms with E-state index in [0.29, 0.717) is 6.42 Å². The lowest BCUT2D eigenvalue weighted by molar-refractivity contribution is 0.0219. The number of ether oxygens (including phenoxy) is 1. The lowest BCUT2D eigenvalue weighted by Crippen LogP contribution is -2.33. The molecule has 19 heavy (non-hydrogen) atoms. The van der Waals surface area contributed by atoms with E-state index >= 15 is 0 Å². The van der Waals surface area contributed by atoms with E-state index < -0.39 is 5.60 Å². The minimum Gasteiger partial charge on any atom is -0.496 e. The highest BCUT2D eigenvalue weighted by Gasteiger charge is 2.34. The largest absolute Gasteiger partial charge is 0.496 e. The van der Waals surface area contributed by atoms with Crippen molar-refractivity contribution >= 4 is 0 Å². The minimum absolute atomic E-state index is 0.656. The van der Waals surface area contributed by atoms with Gasteiger partial charge in [-0.1, -0.05) is 42.5 Å². The van der Waals surface area contributed by atoms with Crippen molar-refractivity contribution < 1.29 is 9.84 Å². The molecule has 0 unspecified atom stereocenters. The van der Waals surface area contributed by atoms with Crippen LogP contribution in [0.4, 0.5) is 0 Å². The van der Waals surface area contributed by atoms with E-state index in [1.54, 1.807) is 7.11 Å². The van der Waals surface area contributed by atoms with Gasteiger partial charge in [0.2, 0.25) is 0 Å². The van der Waals surface area contributed by atoms with Gasteiger partial charge in [-0.2, -0.15) is 0 Å². The quantitative estimate of drug-likeness (QED) is 0.892. The van der Waals surface area contributed by atoms with Crippen LogP contribution in [0.1, 0.15) is 23.1 Å². The SMILES string of the molecule is COc1cccc2c1CC[C@](O)(c1ccccc1)C2. The maximum atomic E-state index is 10.9. The maximum Gasteiger partial charge on any atom is 0.122 e. The van der Waals surface area contributed by atoms with Crippen LogP contribution in [0.3, 0.4) is 0 Å². The number of fused-ring (bicyclic) bond motifs is 1. The average Bonchev–Trinajstić information content (AvgIpc) is 2.47. The van der Waals surface area contributed by atoms with Gasteiger partial charge in [0.05, 0.1) is 12.7 Å². The third-order valence-electron chi connectivity index (χ3n) is 4.03. The van der Waals surface area contributed by atoms with Gasteiger partial charge in [-0.05, 0) is 35.6 Å². The Balaban J connectivity index is 1.98. The summed E-state index contributed by atoms with van der Waals surface area (Å²) >= 11 is 0. The van der Waals surface area contributed by atoms with Crippen molar-refractivity contribution in [1.29, 1.82) is 0 Å². The van der Waals surface area contributed by atoms with Crippen LogP contribution in [-0.4, -0.2) is 12.2 Å². The Kier molecular flexibility index (Phi) is 3.03. The third kappa shape index (κ3) is 2.13. The van der Waals surface area contributed by atoms with Crippen LogP contribution in [-0.2, 0) is 18.4 Å². The van der Waals surface area contributed by atoms with Gasteiger partial charge in [0, 0.05) is 6.42 Å². The van der Waals surface area contributed by atoms with Crippen molar-refractivity contribution in [3.05, 3.63) is 65.2 Å². The van der Waals surface area contributed by atoms with E-state index in [-0.39, 0.29) is 0 Å². The van der Waals surface area contributed by atoms with Crippen molar-refractivity contribution in [2.75, 3.05) is 7.11 Å². The zero-order chi connectivity index (χ0) is 13.3. The molecule has 0 heterocycles. The Morgan fingerprint density at radius 2 is 1.84 bits per heavy atom. The van der Waals surface area contributed by atoms with E-state index in [1.807, 2.05) is 42.5 Å². The second-order valence-electron chi connectivity index (χ2n) is 5.17. The fourth-order valence-electron chi connectivity index (χ4n) is 2.98. The average molecular weight is 254 g/mol. The van der Waals surface area contributed by atoms with E-state index in [2.05, 4.69) is 6.07 Å². The van der Waals surface area contributed by atoms with Crippen LogP contribution in [0, 0.1) is 0 Å². The number of methoxy groups -OCH3 is 1. The molecule has 2 aromatic carbocycles. The summed E-state index contributed by atoms with van der Waals surface area (Å²) in [5.41, 5.74) is 2.69. The molecular weight excluding hydrogens is 236 g/mol. The lowest BCUT2D eigenvalue weighted by Gasteiger charge is -2.34. The standard InChI is InChI=1S/C17H18O2/c1-19-16-9-5-6-13-12-17(18,11-10-15(13)16)14-7-3-2-4-8-14/h2-9,18H,10-12H2,1H3/t17-/m1/s1. The van der Waals surface area contributed by atoms with Gasteiger partial charge in [0.25, 0.3) is 0 Å². The molecule has 0 saturated carbocycles. The summed E-state index contributed by atoms with van der Waals surface area (Å²) < 4.78 is 5.40. The molecule has 2 heteroatoms. The van der Waals surface area contributed by atoms with Crippen molar-refractivity contribution in [1.82, 2.24) is 0 Å². The Morgan fingerprint density at radius 3 is 2.58 bits per heavy atom. The van der Waals surface area contributed by atoms with Crippen molar-refractivity contribution in [3.63, 3.8) is 0 Å². The molecule has 0 fully saturated rings. The van der Waals surface area contributed by atoms with Crippen molar-refractivity contribution in [2.45, 2.75) is 24.9 Å². The highest BCUT2D eigenvalue weighted by Crippen LogP contribution is 2.39. The first-order valence-corrected chi connectivity index (χ1v) is 6.65. The topological polar surface area (TPSA) is 29.5 Å². The lowest BCUT2D eigenvalue weighted by atomic mass is 9.76. The van der Waals surface area contributed by atoms with Gasteiger partial charge in [0.1, 0.15) is 5.75 Å². The van der Waals surface area contributed by atoms with Crippen molar-refractivity contribution in [2.24, 2.45) is 0 Å².